The van der Waals surface area contributed by atoms with Crippen LogP contribution in [-0.2, 0) is 0 Å². The molecule has 1 rings (SSSR count). The van der Waals surface area contributed by atoms with Crippen molar-refractivity contribution >= 4 is 17.7 Å². The first kappa shape index (κ1) is 11.6. The maximum absolute atomic E-state index is 10.8. The van der Waals surface area contributed by atoms with E-state index in [2.05, 4.69) is 10.0 Å². The monoisotopic (exact) mass is 218 g/mol. The smallest absolute Gasteiger partial charge is 0.337 e. The zero-order valence-corrected chi connectivity index (χ0v) is 8.37. The number of nitrogen functional groups attached to an aromatic ring is 1. The second kappa shape index (κ2) is 5.43. The van der Waals surface area contributed by atoms with Gasteiger partial charge in [0.05, 0.1) is 5.56 Å². The molecule has 0 saturated heterocycles. The number of hydrogen-bond acceptors (Lipinski definition) is 3. The number of anilines is 1. The van der Waals surface area contributed by atoms with Gasteiger partial charge >= 0.3 is 5.97 Å². The maximum Gasteiger partial charge on any atom is 0.337 e. The van der Waals surface area contributed by atoms with Gasteiger partial charge in [-0.05, 0) is 23.2 Å². The van der Waals surface area contributed by atoms with Crippen molar-refractivity contribution < 1.29 is 9.90 Å². The van der Waals surface area contributed by atoms with Gasteiger partial charge in [0, 0.05) is 17.1 Å². The van der Waals surface area contributed by atoms with E-state index in [-0.39, 0.29) is 17.8 Å². The Balaban J connectivity index is 2.90. The molecule has 0 heterocycles. The van der Waals surface area contributed by atoms with Gasteiger partial charge in [0.25, 0.3) is 0 Å². The van der Waals surface area contributed by atoms with E-state index < -0.39 is 5.97 Å². The molecule has 6 nitrogen and oxygen atoms in total. The Morgan fingerprint density at radius 2 is 2.38 bits per heavy atom. The number of nitrogens with zero attached hydrogens (tertiary/aromatic N) is 3. The van der Waals surface area contributed by atoms with Crippen molar-refractivity contribution in [2.45, 2.75) is 0 Å². The first-order valence-corrected chi connectivity index (χ1v) is 4.45. The minimum absolute atomic E-state index is 0.0611. The summed E-state index contributed by atoms with van der Waals surface area (Å²) in [5.41, 5.74) is 14.5. The highest BCUT2D eigenvalue weighted by Crippen LogP contribution is 2.15. The normalized spacial score (nSPS) is 10.0. The molecular formula is C10H10N4O2. The fraction of sp³-hybridized carbons (Fsp3) is 0.100. The van der Waals surface area contributed by atoms with Crippen molar-refractivity contribution in [1.82, 2.24) is 0 Å². The minimum Gasteiger partial charge on any atom is -0.478 e. The third-order valence-electron chi connectivity index (χ3n) is 1.87. The van der Waals surface area contributed by atoms with Crippen LogP contribution in [0.2, 0.25) is 0 Å². The predicted octanol–water partition coefficient (Wildman–Crippen LogP) is 2.29. The van der Waals surface area contributed by atoms with Crippen molar-refractivity contribution in [1.29, 1.82) is 0 Å². The van der Waals surface area contributed by atoms with E-state index in [9.17, 15) is 4.79 Å². The summed E-state index contributed by atoms with van der Waals surface area (Å²) in [6.07, 6.45) is 3.30. The molecule has 0 aromatic heterocycles. The molecule has 0 radical (unpaired) electrons. The molecule has 1 aromatic rings. The van der Waals surface area contributed by atoms with Gasteiger partial charge < -0.3 is 10.8 Å². The summed E-state index contributed by atoms with van der Waals surface area (Å²) < 4.78 is 0. The van der Waals surface area contributed by atoms with Crippen molar-refractivity contribution in [2.24, 2.45) is 5.11 Å². The van der Waals surface area contributed by atoms with E-state index in [1.54, 1.807) is 18.2 Å². The Morgan fingerprint density at radius 1 is 1.62 bits per heavy atom. The van der Waals surface area contributed by atoms with Gasteiger partial charge in [-0.2, -0.15) is 0 Å². The van der Waals surface area contributed by atoms with Gasteiger partial charge in [0.1, 0.15) is 0 Å². The van der Waals surface area contributed by atoms with Crippen LogP contribution in [0.1, 0.15) is 15.9 Å². The Labute approximate surface area is 91.6 Å². The zero-order chi connectivity index (χ0) is 12.0. The molecule has 0 fully saturated rings. The number of carboxylic acid groups (broad SMARTS) is 1. The van der Waals surface area contributed by atoms with Crippen LogP contribution in [0.15, 0.2) is 29.4 Å². The van der Waals surface area contributed by atoms with Crippen LogP contribution in [0.3, 0.4) is 0 Å². The van der Waals surface area contributed by atoms with E-state index >= 15 is 0 Å². The average Bonchev–Trinajstić information content (AvgIpc) is 2.26. The van der Waals surface area contributed by atoms with Crippen LogP contribution in [0.25, 0.3) is 16.5 Å². The first-order chi connectivity index (χ1) is 7.65. The lowest BCUT2D eigenvalue weighted by molar-refractivity contribution is 0.0698. The molecule has 0 aliphatic carbocycles. The third kappa shape index (κ3) is 3.04. The number of carboxylic acids is 1. The SMILES string of the molecule is [N-]=[N+]=NCC=Cc1ccc(N)c(C(=O)O)c1. The Morgan fingerprint density at radius 3 is 3.00 bits per heavy atom. The van der Waals surface area contributed by atoms with Gasteiger partial charge in [0.15, 0.2) is 0 Å². The van der Waals surface area contributed by atoms with Gasteiger partial charge in [-0.25, -0.2) is 4.79 Å². The number of aromatic carboxylic acids is 1. The van der Waals surface area contributed by atoms with Crippen LogP contribution in [-0.4, -0.2) is 17.6 Å². The molecule has 82 valence electrons. The van der Waals surface area contributed by atoms with E-state index in [1.807, 2.05) is 0 Å². The highest BCUT2D eigenvalue weighted by atomic mass is 16.4. The number of hydrogen-bond donors (Lipinski definition) is 2. The van der Waals surface area contributed by atoms with Crippen LogP contribution in [0, 0.1) is 0 Å². The predicted molar refractivity (Wildman–Crippen MR) is 60.9 cm³/mol. The highest BCUT2D eigenvalue weighted by Gasteiger charge is 2.06. The van der Waals surface area contributed by atoms with Crippen LogP contribution in [0.4, 0.5) is 5.69 Å². The van der Waals surface area contributed by atoms with Crippen LogP contribution >= 0.6 is 0 Å². The fourth-order valence-corrected chi connectivity index (χ4v) is 1.14. The molecule has 1 aromatic carbocycles. The van der Waals surface area contributed by atoms with E-state index in [4.69, 9.17) is 16.4 Å². The summed E-state index contributed by atoms with van der Waals surface area (Å²) in [5.74, 6) is -1.07. The second-order valence-corrected chi connectivity index (χ2v) is 2.97. The molecule has 0 aliphatic heterocycles. The summed E-state index contributed by atoms with van der Waals surface area (Å²) in [5, 5.41) is 12.1. The minimum atomic E-state index is -1.07. The molecule has 0 spiro atoms. The molecule has 0 atom stereocenters. The lowest BCUT2D eigenvalue weighted by atomic mass is 10.1. The van der Waals surface area contributed by atoms with Gasteiger partial charge in [-0.15, -0.1) is 0 Å². The molecule has 0 unspecified atom stereocenters. The van der Waals surface area contributed by atoms with Gasteiger partial charge in [-0.1, -0.05) is 23.3 Å². The van der Waals surface area contributed by atoms with Crippen molar-refractivity contribution in [3.05, 3.63) is 45.8 Å². The fourth-order valence-electron chi connectivity index (χ4n) is 1.14. The molecule has 16 heavy (non-hydrogen) atoms. The Kier molecular flexibility index (Phi) is 3.94. The molecular weight excluding hydrogens is 208 g/mol. The first-order valence-electron chi connectivity index (χ1n) is 4.45. The number of rotatable bonds is 4. The summed E-state index contributed by atoms with van der Waals surface area (Å²) >= 11 is 0. The topological polar surface area (TPSA) is 112 Å². The van der Waals surface area contributed by atoms with Gasteiger partial charge in [-0.3, -0.25) is 0 Å². The Bertz CT molecular complexity index is 476. The number of azide groups is 1. The van der Waals surface area contributed by atoms with Gasteiger partial charge in [0.2, 0.25) is 0 Å². The average molecular weight is 218 g/mol. The molecule has 0 saturated carbocycles. The van der Waals surface area contributed by atoms with E-state index in [0.717, 1.165) is 0 Å². The summed E-state index contributed by atoms with van der Waals surface area (Å²) in [6, 6.07) is 4.68. The van der Waals surface area contributed by atoms with Crippen molar-refractivity contribution in [3.8, 4) is 0 Å². The molecule has 3 N–H and O–H groups in total. The summed E-state index contributed by atoms with van der Waals surface area (Å²) in [7, 11) is 0. The second-order valence-electron chi connectivity index (χ2n) is 2.97. The maximum atomic E-state index is 10.8. The zero-order valence-electron chi connectivity index (χ0n) is 8.37. The lowest BCUT2D eigenvalue weighted by Crippen LogP contribution is -2.02. The number of nitrogens with two attached hydrogens (primary N) is 1. The quantitative estimate of drug-likeness (QED) is 0.350. The molecule has 6 heteroatoms. The third-order valence-corrected chi connectivity index (χ3v) is 1.87. The number of carbonyl (C=O) groups is 1. The van der Waals surface area contributed by atoms with Crippen molar-refractivity contribution in [3.63, 3.8) is 0 Å². The van der Waals surface area contributed by atoms with E-state index in [0.29, 0.717) is 5.56 Å². The lowest BCUT2D eigenvalue weighted by Gasteiger charge is -2.01. The largest absolute Gasteiger partial charge is 0.478 e. The summed E-state index contributed by atoms with van der Waals surface area (Å²) in [6.45, 7) is 0.225. The van der Waals surface area contributed by atoms with Crippen LogP contribution in [0.5, 0.6) is 0 Å². The molecule has 0 bridgehead atoms. The molecule has 0 amide bonds. The van der Waals surface area contributed by atoms with Crippen LogP contribution < -0.4 is 5.73 Å². The molecule has 0 aliphatic rings. The number of benzene rings is 1. The summed E-state index contributed by atoms with van der Waals surface area (Å²) in [4.78, 5) is 13.4. The van der Waals surface area contributed by atoms with Crippen molar-refractivity contribution in [2.75, 3.05) is 12.3 Å². The highest BCUT2D eigenvalue weighted by molar-refractivity contribution is 5.94. The Hall–Kier alpha value is -2.46. The van der Waals surface area contributed by atoms with E-state index in [1.165, 1.54) is 12.1 Å². The standard InChI is InChI=1S/C10H10N4O2/c11-9-4-3-7(2-1-5-13-14-12)6-8(9)10(15)16/h1-4,6H,5,11H2,(H,15,16).